The SMILES string of the molecule is CCN(CC)c1ccc([C@H](c2cccs2)N2CCNCC2)c(O)c1. The minimum Gasteiger partial charge on any atom is -0.508 e. The molecular weight excluding hydrogens is 318 g/mol. The molecule has 3 rings (SSSR count). The molecule has 0 radical (unpaired) electrons. The quantitative estimate of drug-likeness (QED) is 0.843. The molecule has 24 heavy (non-hydrogen) atoms. The first kappa shape index (κ1) is 17.3. The predicted octanol–water partition coefficient (Wildman–Crippen LogP) is 3.29. The molecule has 130 valence electrons. The van der Waals surface area contributed by atoms with Crippen molar-refractivity contribution in [2.75, 3.05) is 44.2 Å². The Morgan fingerprint density at radius 1 is 1.21 bits per heavy atom. The number of nitrogens with one attached hydrogen (secondary N) is 1. The van der Waals surface area contributed by atoms with Crippen LogP contribution in [0.25, 0.3) is 0 Å². The van der Waals surface area contributed by atoms with E-state index in [-0.39, 0.29) is 6.04 Å². The third kappa shape index (κ3) is 3.58. The maximum atomic E-state index is 10.8. The molecule has 1 aliphatic heterocycles. The molecule has 1 saturated heterocycles. The van der Waals surface area contributed by atoms with Crippen LogP contribution in [-0.2, 0) is 0 Å². The third-order valence-corrected chi connectivity index (χ3v) is 5.69. The van der Waals surface area contributed by atoms with Gasteiger partial charge in [0.05, 0.1) is 6.04 Å². The molecule has 0 bridgehead atoms. The Bertz CT molecular complexity index is 634. The second kappa shape index (κ2) is 8.01. The van der Waals surface area contributed by atoms with Gasteiger partial charge in [0.2, 0.25) is 0 Å². The Balaban J connectivity index is 1.95. The summed E-state index contributed by atoms with van der Waals surface area (Å²) in [6.45, 7) is 10.2. The van der Waals surface area contributed by atoms with Gasteiger partial charge in [-0.2, -0.15) is 0 Å². The highest BCUT2D eigenvalue weighted by Gasteiger charge is 2.27. The number of aromatic hydroxyl groups is 1. The van der Waals surface area contributed by atoms with Crippen molar-refractivity contribution in [1.29, 1.82) is 0 Å². The maximum absolute atomic E-state index is 10.8. The number of hydrogen-bond acceptors (Lipinski definition) is 5. The molecular formula is C19H27N3OS. The third-order valence-electron chi connectivity index (χ3n) is 4.77. The highest BCUT2D eigenvalue weighted by atomic mass is 32.1. The van der Waals surface area contributed by atoms with Gasteiger partial charge in [-0.3, -0.25) is 4.90 Å². The van der Waals surface area contributed by atoms with Crippen LogP contribution in [-0.4, -0.2) is 49.3 Å². The van der Waals surface area contributed by atoms with Gasteiger partial charge in [-0.15, -0.1) is 11.3 Å². The summed E-state index contributed by atoms with van der Waals surface area (Å²) in [6, 6.07) is 10.6. The summed E-state index contributed by atoms with van der Waals surface area (Å²) < 4.78 is 0. The molecule has 0 aliphatic carbocycles. The van der Waals surface area contributed by atoms with Crippen LogP contribution in [0.3, 0.4) is 0 Å². The van der Waals surface area contributed by atoms with Crippen molar-refractivity contribution in [2.24, 2.45) is 0 Å². The smallest absolute Gasteiger partial charge is 0.122 e. The molecule has 2 aromatic rings. The first-order valence-electron chi connectivity index (χ1n) is 8.80. The fraction of sp³-hybridized carbons (Fsp3) is 0.474. The topological polar surface area (TPSA) is 38.7 Å². The van der Waals surface area contributed by atoms with Crippen molar-refractivity contribution >= 4 is 17.0 Å². The number of nitrogens with zero attached hydrogens (tertiary/aromatic N) is 2. The molecule has 5 heteroatoms. The summed E-state index contributed by atoms with van der Waals surface area (Å²) >= 11 is 1.76. The normalized spacial score (nSPS) is 16.9. The molecule has 1 fully saturated rings. The minimum absolute atomic E-state index is 0.137. The zero-order valence-electron chi connectivity index (χ0n) is 14.5. The minimum atomic E-state index is 0.137. The van der Waals surface area contributed by atoms with Crippen molar-refractivity contribution in [1.82, 2.24) is 10.2 Å². The van der Waals surface area contributed by atoms with E-state index in [1.54, 1.807) is 11.3 Å². The van der Waals surface area contributed by atoms with Crippen LogP contribution in [0.4, 0.5) is 5.69 Å². The number of phenolic OH excluding ortho intramolecular Hbond substituents is 1. The van der Waals surface area contributed by atoms with Gasteiger partial charge in [0, 0.05) is 61.5 Å². The van der Waals surface area contributed by atoms with E-state index in [1.807, 2.05) is 6.07 Å². The van der Waals surface area contributed by atoms with Crippen LogP contribution < -0.4 is 10.2 Å². The summed E-state index contributed by atoms with van der Waals surface area (Å²) in [6.07, 6.45) is 0. The molecule has 1 aliphatic rings. The number of hydrogen-bond donors (Lipinski definition) is 2. The van der Waals surface area contributed by atoms with Gasteiger partial charge in [-0.1, -0.05) is 12.1 Å². The van der Waals surface area contributed by atoms with Crippen molar-refractivity contribution < 1.29 is 5.11 Å². The number of piperazine rings is 1. The fourth-order valence-electron chi connectivity index (χ4n) is 3.47. The van der Waals surface area contributed by atoms with Gasteiger partial charge < -0.3 is 15.3 Å². The maximum Gasteiger partial charge on any atom is 0.122 e. The van der Waals surface area contributed by atoms with Gasteiger partial charge in [0.15, 0.2) is 0 Å². The summed E-state index contributed by atoms with van der Waals surface area (Å²) in [5.41, 5.74) is 2.10. The van der Waals surface area contributed by atoms with E-state index in [1.165, 1.54) is 4.88 Å². The Hall–Kier alpha value is -1.56. The van der Waals surface area contributed by atoms with Crippen LogP contribution >= 0.6 is 11.3 Å². The molecule has 0 unspecified atom stereocenters. The van der Waals surface area contributed by atoms with Gasteiger partial charge in [-0.25, -0.2) is 0 Å². The molecule has 1 aromatic heterocycles. The Kier molecular flexibility index (Phi) is 5.76. The van der Waals surface area contributed by atoms with Gasteiger partial charge in [0.25, 0.3) is 0 Å². The Labute approximate surface area is 148 Å². The standard InChI is InChI=1S/C19H27N3OS/c1-3-21(4-2)15-7-8-16(17(23)14-15)19(18-6-5-13-24-18)22-11-9-20-10-12-22/h5-8,13-14,19-20,23H,3-4,9-12H2,1-2H3/t19-/m1/s1. The van der Waals surface area contributed by atoms with Crippen LogP contribution in [0, 0.1) is 0 Å². The molecule has 1 atom stereocenters. The summed E-state index contributed by atoms with van der Waals surface area (Å²) in [5.74, 6) is 0.399. The van der Waals surface area contributed by atoms with E-state index in [9.17, 15) is 5.11 Å². The molecule has 2 N–H and O–H groups in total. The average Bonchev–Trinajstić information content (AvgIpc) is 3.13. The van der Waals surface area contributed by atoms with Crippen molar-refractivity contribution in [3.05, 3.63) is 46.2 Å². The van der Waals surface area contributed by atoms with Crippen LogP contribution in [0.15, 0.2) is 35.7 Å². The van der Waals surface area contributed by atoms with E-state index in [2.05, 4.69) is 58.6 Å². The second-order valence-electron chi connectivity index (χ2n) is 6.12. The molecule has 0 saturated carbocycles. The van der Waals surface area contributed by atoms with Crippen molar-refractivity contribution in [2.45, 2.75) is 19.9 Å². The first-order chi connectivity index (χ1) is 11.7. The largest absolute Gasteiger partial charge is 0.508 e. The molecule has 0 amide bonds. The van der Waals surface area contributed by atoms with Crippen molar-refractivity contribution in [3.63, 3.8) is 0 Å². The fourth-order valence-corrected chi connectivity index (χ4v) is 4.34. The lowest BCUT2D eigenvalue weighted by Crippen LogP contribution is -2.45. The van der Waals surface area contributed by atoms with Crippen LogP contribution in [0.5, 0.6) is 5.75 Å². The highest BCUT2D eigenvalue weighted by molar-refractivity contribution is 7.10. The molecule has 1 aromatic carbocycles. The van der Waals surface area contributed by atoms with Crippen LogP contribution in [0.1, 0.15) is 30.3 Å². The average molecular weight is 346 g/mol. The molecule has 2 heterocycles. The lowest BCUT2D eigenvalue weighted by atomic mass is 10.0. The molecule has 4 nitrogen and oxygen atoms in total. The Morgan fingerprint density at radius 3 is 2.54 bits per heavy atom. The van der Waals surface area contributed by atoms with E-state index in [4.69, 9.17) is 0 Å². The van der Waals surface area contributed by atoms with Crippen LogP contribution in [0.2, 0.25) is 0 Å². The zero-order chi connectivity index (χ0) is 16.9. The predicted molar refractivity (Wildman–Crippen MR) is 102 cm³/mol. The lowest BCUT2D eigenvalue weighted by Gasteiger charge is -2.35. The summed E-state index contributed by atoms with van der Waals surface area (Å²) in [7, 11) is 0. The van der Waals surface area contributed by atoms with Gasteiger partial charge in [-0.05, 0) is 31.4 Å². The number of thiophene rings is 1. The van der Waals surface area contributed by atoms with Gasteiger partial charge in [0.1, 0.15) is 5.75 Å². The van der Waals surface area contributed by atoms with E-state index < -0.39 is 0 Å². The first-order valence-corrected chi connectivity index (χ1v) is 9.68. The van der Waals surface area contributed by atoms with E-state index >= 15 is 0 Å². The number of anilines is 1. The number of phenols is 1. The van der Waals surface area contributed by atoms with Crippen molar-refractivity contribution in [3.8, 4) is 5.75 Å². The second-order valence-corrected chi connectivity index (χ2v) is 7.10. The summed E-state index contributed by atoms with van der Waals surface area (Å²) in [4.78, 5) is 6.02. The van der Waals surface area contributed by atoms with E-state index in [0.29, 0.717) is 5.75 Å². The Morgan fingerprint density at radius 2 is 1.96 bits per heavy atom. The highest BCUT2D eigenvalue weighted by Crippen LogP contribution is 2.38. The van der Waals surface area contributed by atoms with E-state index in [0.717, 1.165) is 50.5 Å². The molecule has 0 spiro atoms. The number of benzene rings is 1. The monoisotopic (exact) mass is 345 g/mol. The zero-order valence-corrected chi connectivity index (χ0v) is 15.4. The summed E-state index contributed by atoms with van der Waals surface area (Å²) in [5, 5.41) is 16.3. The number of rotatable bonds is 6. The lowest BCUT2D eigenvalue weighted by molar-refractivity contribution is 0.198. The van der Waals surface area contributed by atoms with Gasteiger partial charge >= 0.3 is 0 Å².